The Hall–Kier alpha value is -2.31. The van der Waals surface area contributed by atoms with E-state index < -0.39 is 29.4 Å². The van der Waals surface area contributed by atoms with Crippen LogP contribution in [0.5, 0.6) is 5.75 Å². The zero-order valence-corrected chi connectivity index (χ0v) is 9.84. The molecule has 2 rings (SSSR count). The zero-order chi connectivity index (χ0) is 14.9. The summed E-state index contributed by atoms with van der Waals surface area (Å²) in [7, 11) is 0. The first-order chi connectivity index (χ1) is 9.26. The lowest BCUT2D eigenvalue weighted by atomic mass is 10.0. The fraction of sp³-hybridized carbons (Fsp3) is 0.0769. The number of benzene rings is 2. The first kappa shape index (κ1) is 14.1. The van der Waals surface area contributed by atoms with E-state index in [9.17, 15) is 22.0 Å². The fourth-order valence-corrected chi connectivity index (χ4v) is 1.62. The fourth-order valence-electron chi connectivity index (χ4n) is 1.62. The topological polar surface area (TPSA) is 35.2 Å². The largest absolute Gasteiger partial charge is 0.573 e. The molecule has 0 amide bonds. The maximum absolute atomic E-state index is 13.3. The quantitative estimate of drug-likeness (QED) is 0.667. The van der Waals surface area contributed by atoms with E-state index in [2.05, 4.69) is 4.74 Å². The van der Waals surface area contributed by atoms with Crippen LogP contribution in [0, 0.1) is 11.6 Å². The number of hydrogen-bond acceptors (Lipinski definition) is 2. The molecule has 2 N–H and O–H groups in total. The standard InChI is InChI=1S/C13H8F5NO/c14-10-5-8(6-11(15)12(10)19)7-2-1-3-9(4-7)20-13(16,17)18/h1-6H,19H2. The van der Waals surface area contributed by atoms with E-state index in [1.807, 2.05) is 0 Å². The molecule has 0 fully saturated rings. The van der Waals surface area contributed by atoms with Gasteiger partial charge in [-0.05, 0) is 35.4 Å². The van der Waals surface area contributed by atoms with Gasteiger partial charge in [0.15, 0.2) is 0 Å². The highest BCUT2D eigenvalue weighted by molar-refractivity contribution is 5.67. The molecule has 7 heteroatoms. The van der Waals surface area contributed by atoms with Crippen molar-refractivity contribution in [3.63, 3.8) is 0 Å². The molecule has 0 saturated heterocycles. The number of rotatable bonds is 2. The molecular formula is C13H8F5NO. The van der Waals surface area contributed by atoms with Crippen molar-refractivity contribution < 1.29 is 26.7 Å². The van der Waals surface area contributed by atoms with E-state index in [1.54, 1.807) is 0 Å². The van der Waals surface area contributed by atoms with Crippen molar-refractivity contribution in [2.24, 2.45) is 0 Å². The van der Waals surface area contributed by atoms with E-state index in [0.29, 0.717) is 0 Å². The normalized spacial score (nSPS) is 11.4. The highest BCUT2D eigenvalue weighted by Gasteiger charge is 2.31. The molecule has 106 valence electrons. The maximum Gasteiger partial charge on any atom is 0.573 e. The molecule has 2 nitrogen and oxygen atoms in total. The van der Waals surface area contributed by atoms with Crippen molar-refractivity contribution in [1.82, 2.24) is 0 Å². The average Bonchev–Trinajstić information content (AvgIpc) is 2.33. The highest BCUT2D eigenvalue weighted by atomic mass is 19.4. The number of nitrogen functional groups attached to an aromatic ring is 1. The molecule has 0 aromatic heterocycles. The molecule has 0 radical (unpaired) electrons. The number of ether oxygens (including phenoxy) is 1. The summed E-state index contributed by atoms with van der Waals surface area (Å²) in [6.45, 7) is 0. The third kappa shape index (κ3) is 3.17. The van der Waals surface area contributed by atoms with Gasteiger partial charge in [-0.15, -0.1) is 13.2 Å². The Kier molecular flexibility index (Phi) is 3.52. The van der Waals surface area contributed by atoms with Crippen molar-refractivity contribution in [1.29, 1.82) is 0 Å². The van der Waals surface area contributed by atoms with E-state index in [0.717, 1.165) is 24.3 Å². The Morgan fingerprint density at radius 2 is 1.50 bits per heavy atom. The number of alkyl halides is 3. The minimum absolute atomic E-state index is 0.0572. The molecule has 0 heterocycles. The van der Waals surface area contributed by atoms with Crippen LogP contribution in [0.3, 0.4) is 0 Å². The molecule has 0 bridgehead atoms. The van der Waals surface area contributed by atoms with E-state index in [4.69, 9.17) is 5.73 Å². The molecule has 0 aliphatic heterocycles. The number of anilines is 1. The predicted molar refractivity (Wildman–Crippen MR) is 62.9 cm³/mol. The van der Waals surface area contributed by atoms with Gasteiger partial charge >= 0.3 is 6.36 Å². The summed E-state index contributed by atoms with van der Waals surface area (Å²) in [6.07, 6.45) is -4.84. The number of hydrogen-bond donors (Lipinski definition) is 1. The van der Waals surface area contributed by atoms with Crippen LogP contribution >= 0.6 is 0 Å². The summed E-state index contributed by atoms with van der Waals surface area (Å²) in [5.41, 5.74) is 4.70. The molecule has 2 aromatic rings. The molecule has 0 spiro atoms. The lowest BCUT2D eigenvalue weighted by molar-refractivity contribution is -0.274. The van der Waals surface area contributed by atoms with Gasteiger partial charge in [0, 0.05) is 0 Å². The second-order valence-electron chi connectivity index (χ2n) is 3.93. The van der Waals surface area contributed by atoms with Gasteiger partial charge < -0.3 is 10.5 Å². The van der Waals surface area contributed by atoms with Gasteiger partial charge in [-0.2, -0.15) is 0 Å². The van der Waals surface area contributed by atoms with Crippen LogP contribution in [0.15, 0.2) is 36.4 Å². The zero-order valence-electron chi connectivity index (χ0n) is 9.84. The molecule has 0 aliphatic carbocycles. The van der Waals surface area contributed by atoms with Crippen molar-refractivity contribution in [3.8, 4) is 16.9 Å². The lowest BCUT2D eigenvalue weighted by Crippen LogP contribution is -2.17. The molecule has 20 heavy (non-hydrogen) atoms. The molecule has 0 unspecified atom stereocenters. The van der Waals surface area contributed by atoms with E-state index in [1.165, 1.54) is 12.1 Å². The molecular weight excluding hydrogens is 281 g/mol. The first-order valence-corrected chi connectivity index (χ1v) is 5.37. The van der Waals surface area contributed by atoms with Gasteiger partial charge in [0.2, 0.25) is 0 Å². The third-order valence-electron chi connectivity index (χ3n) is 2.48. The van der Waals surface area contributed by atoms with Gasteiger partial charge in [-0.3, -0.25) is 0 Å². The Bertz CT molecular complexity index is 616. The van der Waals surface area contributed by atoms with Gasteiger partial charge in [-0.1, -0.05) is 12.1 Å². The number of halogens is 5. The Labute approximate surface area is 110 Å². The van der Waals surface area contributed by atoms with Crippen LogP contribution in [-0.4, -0.2) is 6.36 Å². The molecule has 0 aliphatic rings. The second kappa shape index (κ2) is 4.99. The SMILES string of the molecule is Nc1c(F)cc(-c2cccc(OC(F)(F)F)c2)cc1F. The minimum Gasteiger partial charge on any atom is -0.406 e. The maximum atomic E-state index is 13.3. The van der Waals surface area contributed by atoms with Crippen LogP contribution in [0.2, 0.25) is 0 Å². The van der Waals surface area contributed by atoms with Gasteiger partial charge in [0.1, 0.15) is 23.1 Å². The van der Waals surface area contributed by atoms with Crippen LogP contribution < -0.4 is 10.5 Å². The highest BCUT2D eigenvalue weighted by Crippen LogP contribution is 2.30. The van der Waals surface area contributed by atoms with Gasteiger partial charge in [0.05, 0.1) is 0 Å². The summed E-state index contributed by atoms with van der Waals surface area (Å²) < 4.78 is 66.7. The summed E-state index contributed by atoms with van der Waals surface area (Å²) in [5, 5.41) is 0. The van der Waals surface area contributed by atoms with Crippen molar-refractivity contribution in [2.45, 2.75) is 6.36 Å². The average molecular weight is 289 g/mol. The van der Waals surface area contributed by atoms with Gasteiger partial charge in [-0.25, -0.2) is 8.78 Å². The van der Waals surface area contributed by atoms with Crippen molar-refractivity contribution >= 4 is 5.69 Å². The second-order valence-corrected chi connectivity index (χ2v) is 3.93. The summed E-state index contributed by atoms with van der Waals surface area (Å²) in [6, 6.07) is 6.66. The van der Waals surface area contributed by atoms with E-state index in [-0.39, 0.29) is 11.1 Å². The Morgan fingerprint density at radius 1 is 0.900 bits per heavy atom. The van der Waals surface area contributed by atoms with Crippen LogP contribution in [-0.2, 0) is 0 Å². The first-order valence-electron chi connectivity index (χ1n) is 5.37. The number of nitrogens with two attached hydrogens (primary N) is 1. The predicted octanol–water partition coefficient (Wildman–Crippen LogP) is 4.11. The summed E-state index contributed by atoms with van der Waals surface area (Å²) >= 11 is 0. The minimum atomic E-state index is -4.84. The molecule has 0 saturated carbocycles. The van der Waals surface area contributed by atoms with Crippen LogP contribution in [0.4, 0.5) is 27.6 Å². The van der Waals surface area contributed by atoms with Crippen molar-refractivity contribution in [3.05, 3.63) is 48.0 Å². The third-order valence-corrected chi connectivity index (χ3v) is 2.48. The van der Waals surface area contributed by atoms with Crippen LogP contribution in [0.25, 0.3) is 11.1 Å². The smallest absolute Gasteiger partial charge is 0.406 e. The Balaban J connectivity index is 2.41. The molecule has 0 atom stereocenters. The monoisotopic (exact) mass is 289 g/mol. The van der Waals surface area contributed by atoms with Crippen LogP contribution in [0.1, 0.15) is 0 Å². The summed E-state index contributed by atoms with van der Waals surface area (Å²) in [5.74, 6) is -2.45. The molecule has 2 aromatic carbocycles. The summed E-state index contributed by atoms with van der Waals surface area (Å²) in [4.78, 5) is 0. The van der Waals surface area contributed by atoms with Crippen molar-refractivity contribution in [2.75, 3.05) is 5.73 Å². The van der Waals surface area contributed by atoms with E-state index >= 15 is 0 Å². The van der Waals surface area contributed by atoms with Gasteiger partial charge in [0.25, 0.3) is 0 Å². The lowest BCUT2D eigenvalue weighted by Gasteiger charge is -2.10. The Morgan fingerprint density at radius 3 is 2.05 bits per heavy atom.